The number of aliphatic hydroxyl groups excluding tert-OH is 1. The zero-order chi connectivity index (χ0) is 21.1. The number of rotatable bonds is 8. The minimum atomic E-state index is -0.740. The van der Waals surface area contributed by atoms with E-state index in [9.17, 15) is 9.90 Å². The molecule has 3 N–H and O–H groups in total. The quantitative estimate of drug-likeness (QED) is 0.619. The number of aliphatic hydroxyl groups is 1. The molecule has 0 unspecified atom stereocenters. The number of ether oxygens (including phenoxy) is 1. The molecule has 1 aliphatic carbocycles. The number of amides is 1. The molecule has 1 aromatic heterocycles. The molecule has 1 aromatic carbocycles. The van der Waals surface area contributed by atoms with Crippen molar-refractivity contribution in [2.45, 2.75) is 76.3 Å². The monoisotopic (exact) mass is 412 g/mol. The van der Waals surface area contributed by atoms with Crippen molar-refractivity contribution < 1.29 is 14.6 Å². The Kier molecular flexibility index (Phi) is 6.11. The van der Waals surface area contributed by atoms with Gasteiger partial charge in [0.1, 0.15) is 11.4 Å². The predicted octanol–water partition coefficient (Wildman–Crippen LogP) is 2.35. The Labute approximate surface area is 177 Å². The highest BCUT2D eigenvalue weighted by Crippen LogP contribution is 2.49. The fourth-order valence-corrected chi connectivity index (χ4v) is 4.54. The van der Waals surface area contributed by atoms with E-state index in [4.69, 9.17) is 4.74 Å². The van der Waals surface area contributed by atoms with Crippen LogP contribution in [0.1, 0.15) is 56.7 Å². The lowest BCUT2D eigenvalue weighted by molar-refractivity contribution is -0.120. The second kappa shape index (κ2) is 8.78. The summed E-state index contributed by atoms with van der Waals surface area (Å²) in [5.74, 6) is 0.795. The minimum Gasteiger partial charge on any atom is -0.487 e. The second-order valence-corrected chi connectivity index (χ2v) is 8.63. The van der Waals surface area contributed by atoms with Gasteiger partial charge < -0.3 is 20.5 Å². The third-order valence-corrected chi connectivity index (χ3v) is 6.39. The van der Waals surface area contributed by atoms with Crippen LogP contribution in [-0.4, -0.2) is 45.1 Å². The molecule has 1 spiro atoms. The lowest BCUT2D eigenvalue weighted by atomic mass is 9.72. The van der Waals surface area contributed by atoms with E-state index < -0.39 is 12.1 Å². The molecule has 30 heavy (non-hydrogen) atoms. The van der Waals surface area contributed by atoms with Gasteiger partial charge in [-0.2, -0.15) is 5.10 Å². The molecular formula is C23H32N4O3. The molecule has 3 atom stereocenters. The van der Waals surface area contributed by atoms with Crippen LogP contribution >= 0.6 is 0 Å². The number of carbonyl (C=O) groups excluding carboxylic acids is 1. The van der Waals surface area contributed by atoms with Crippen molar-refractivity contribution in [1.82, 2.24) is 20.4 Å². The molecule has 2 aromatic rings. The zero-order valence-corrected chi connectivity index (χ0v) is 17.8. The van der Waals surface area contributed by atoms with Crippen LogP contribution in [0, 0.1) is 0 Å². The van der Waals surface area contributed by atoms with Gasteiger partial charge in [-0.1, -0.05) is 19.1 Å². The van der Waals surface area contributed by atoms with E-state index >= 15 is 0 Å². The summed E-state index contributed by atoms with van der Waals surface area (Å²) in [7, 11) is 0. The molecule has 162 valence electrons. The molecule has 2 aliphatic rings. The third-order valence-electron chi connectivity index (χ3n) is 6.39. The molecule has 7 heteroatoms. The maximum absolute atomic E-state index is 11.7. The molecule has 0 radical (unpaired) electrons. The third kappa shape index (κ3) is 4.52. The van der Waals surface area contributed by atoms with Crippen LogP contribution in [0.4, 0.5) is 0 Å². The van der Waals surface area contributed by atoms with Crippen molar-refractivity contribution in [3.8, 4) is 5.75 Å². The van der Waals surface area contributed by atoms with Crippen LogP contribution in [0.15, 0.2) is 36.7 Å². The van der Waals surface area contributed by atoms with E-state index in [0.29, 0.717) is 13.1 Å². The first-order valence-electron chi connectivity index (χ1n) is 11.0. The minimum absolute atomic E-state index is 0.0740. The SMILES string of the molecule is CCc1ccc2c(c1)[C@@H](NC[C@@H](O)[C@H](Cn1cccn1)NC(C)=O)CC1(CCC1)O2. The van der Waals surface area contributed by atoms with E-state index in [1.54, 1.807) is 10.9 Å². The number of benzene rings is 1. The summed E-state index contributed by atoms with van der Waals surface area (Å²) in [6, 6.07) is 7.99. The Morgan fingerprint density at radius 3 is 2.90 bits per heavy atom. The van der Waals surface area contributed by atoms with Crippen LogP contribution < -0.4 is 15.4 Å². The average Bonchev–Trinajstić information content (AvgIpc) is 3.22. The molecular weight excluding hydrogens is 380 g/mol. The van der Waals surface area contributed by atoms with Gasteiger partial charge in [0.15, 0.2) is 0 Å². The first-order valence-corrected chi connectivity index (χ1v) is 11.0. The van der Waals surface area contributed by atoms with Crippen molar-refractivity contribution in [2.75, 3.05) is 6.54 Å². The summed E-state index contributed by atoms with van der Waals surface area (Å²) in [6.07, 6.45) is 8.02. The zero-order valence-electron chi connectivity index (χ0n) is 17.8. The molecule has 0 bridgehead atoms. The first kappa shape index (κ1) is 20.9. The molecule has 2 heterocycles. The number of hydrogen-bond donors (Lipinski definition) is 3. The number of nitrogens with one attached hydrogen (secondary N) is 2. The standard InChI is InChI=1S/C23H32N4O3/c1-3-17-6-7-22-18(12-17)19(13-23(30-22)8-4-9-23)24-14-21(29)20(26-16(2)28)15-27-11-5-10-25-27/h5-7,10-12,19-21,24,29H,3-4,8-9,13-15H2,1-2H3,(H,26,28)/t19-,20-,21+/m0/s1. The highest BCUT2D eigenvalue weighted by atomic mass is 16.5. The summed E-state index contributed by atoms with van der Waals surface area (Å²) in [4.78, 5) is 11.7. The van der Waals surface area contributed by atoms with Crippen LogP contribution in [0.5, 0.6) is 5.75 Å². The van der Waals surface area contributed by atoms with Gasteiger partial charge in [-0.25, -0.2) is 0 Å². The van der Waals surface area contributed by atoms with Gasteiger partial charge in [0, 0.05) is 43.9 Å². The van der Waals surface area contributed by atoms with Crippen LogP contribution in [-0.2, 0) is 17.8 Å². The van der Waals surface area contributed by atoms with Gasteiger partial charge in [-0.05, 0) is 43.4 Å². The Morgan fingerprint density at radius 2 is 2.27 bits per heavy atom. The molecule has 1 amide bonds. The lowest BCUT2D eigenvalue weighted by Crippen LogP contribution is -2.52. The van der Waals surface area contributed by atoms with Crippen molar-refractivity contribution in [2.24, 2.45) is 0 Å². The summed E-state index contributed by atoms with van der Waals surface area (Å²) in [5, 5.41) is 21.5. The molecule has 1 saturated carbocycles. The number of carbonyl (C=O) groups is 1. The van der Waals surface area contributed by atoms with Gasteiger partial charge >= 0.3 is 0 Å². The number of nitrogens with zero attached hydrogens (tertiary/aromatic N) is 2. The number of aromatic nitrogens is 2. The molecule has 7 nitrogen and oxygen atoms in total. The molecule has 1 fully saturated rings. The maximum atomic E-state index is 11.7. The number of fused-ring (bicyclic) bond motifs is 1. The van der Waals surface area contributed by atoms with Crippen molar-refractivity contribution >= 4 is 5.91 Å². The lowest BCUT2D eigenvalue weighted by Gasteiger charge is -2.48. The second-order valence-electron chi connectivity index (χ2n) is 8.63. The summed E-state index contributed by atoms with van der Waals surface area (Å²) in [6.45, 7) is 4.42. The van der Waals surface area contributed by atoms with Gasteiger partial charge in [-0.15, -0.1) is 0 Å². The Hall–Kier alpha value is -2.38. The van der Waals surface area contributed by atoms with E-state index in [1.807, 2.05) is 12.3 Å². The molecule has 4 rings (SSSR count). The topological polar surface area (TPSA) is 88.4 Å². The molecule has 0 saturated heterocycles. The van der Waals surface area contributed by atoms with Gasteiger partial charge in [0.2, 0.25) is 5.91 Å². The summed E-state index contributed by atoms with van der Waals surface area (Å²) >= 11 is 0. The summed E-state index contributed by atoms with van der Waals surface area (Å²) in [5.41, 5.74) is 2.38. The van der Waals surface area contributed by atoms with Crippen LogP contribution in [0.25, 0.3) is 0 Å². The Bertz CT molecular complexity index is 863. The normalized spacial score (nSPS) is 21.2. The highest BCUT2D eigenvalue weighted by molar-refractivity contribution is 5.73. The fourth-order valence-electron chi connectivity index (χ4n) is 4.54. The predicted molar refractivity (Wildman–Crippen MR) is 114 cm³/mol. The largest absolute Gasteiger partial charge is 0.487 e. The summed E-state index contributed by atoms with van der Waals surface area (Å²) < 4.78 is 8.12. The Balaban J connectivity index is 1.47. The van der Waals surface area contributed by atoms with Gasteiger partial charge in [0.05, 0.1) is 18.7 Å². The Morgan fingerprint density at radius 1 is 1.43 bits per heavy atom. The number of aryl methyl sites for hydroxylation is 1. The van der Waals surface area contributed by atoms with E-state index in [0.717, 1.165) is 31.4 Å². The van der Waals surface area contributed by atoms with Crippen LogP contribution in [0.3, 0.4) is 0 Å². The van der Waals surface area contributed by atoms with Gasteiger partial charge in [0.25, 0.3) is 0 Å². The molecule has 1 aliphatic heterocycles. The van der Waals surface area contributed by atoms with Crippen molar-refractivity contribution in [3.05, 3.63) is 47.8 Å². The van der Waals surface area contributed by atoms with Crippen LogP contribution in [0.2, 0.25) is 0 Å². The van der Waals surface area contributed by atoms with E-state index in [2.05, 4.69) is 40.9 Å². The average molecular weight is 413 g/mol. The number of hydrogen-bond acceptors (Lipinski definition) is 5. The van der Waals surface area contributed by atoms with Crippen molar-refractivity contribution in [3.63, 3.8) is 0 Å². The maximum Gasteiger partial charge on any atom is 0.217 e. The highest BCUT2D eigenvalue weighted by Gasteiger charge is 2.45. The van der Waals surface area contributed by atoms with E-state index in [1.165, 1.54) is 24.5 Å². The van der Waals surface area contributed by atoms with Crippen molar-refractivity contribution in [1.29, 1.82) is 0 Å². The van der Waals surface area contributed by atoms with Gasteiger partial charge in [-0.3, -0.25) is 9.48 Å². The smallest absolute Gasteiger partial charge is 0.217 e. The first-order chi connectivity index (χ1) is 14.5. The fraction of sp³-hybridized carbons (Fsp3) is 0.565. The van der Waals surface area contributed by atoms with E-state index in [-0.39, 0.29) is 17.6 Å².